The van der Waals surface area contributed by atoms with Crippen molar-refractivity contribution in [2.45, 2.75) is 18.7 Å². The molecule has 1 amide bonds. The summed E-state index contributed by atoms with van der Waals surface area (Å²) in [6.07, 6.45) is 2.96. The fourth-order valence-electron chi connectivity index (χ4n) is 1.46. The van der Waals surface area contributed by atoms with Crippen molar-refractivity contribution in [3.63, 3.8) is 0 Å². The van der Waals surface area contributed by atoms with Gasteiger partial charge in [-0.3, -0.25) is 14.0 Å². The minimum atomic E-state index is -1.41. The molecule has 2 N–H and O–H groups in total. The third-order valence-corrected chi connectivity index (χ3v) is 3.80. The Morgan fingerprint density at radius 3 is 2.65 bits per heavy atom. The molecule has 0 fully saturated rings. The van der Waals surface area contributed by atoms with Crippen LogP contribution in [-0.4, -0.2) is 38.8 Å². The van der Waals surface area contributed by atoms with Crippen LogP contribution in [0.25, 0.3) is 0 Å². The van der Waals surface area contributed by atoms with E-state index in [2.05, 4.69) is 4.98 Å². The minimum absolute atomic E-state index is 0.0319. The highest BCUT2D eigenvalue weighted by Gasteiger charge is 2.16. The minimum Gasteiger partial charge on any atom is -0.396 e. The van der Waals surface area contributed by atoms with Crippen molar-refractivity contribution in [1.29, 1.82) is 0 Å². The van der Waals surface area contributed by atoms with Crippen molar-refractivity contribution in [3.8, 4) is 0 Å². The van der Waals surface area contributed by atoms with Crippen molar-refractivity contribution in [3.05, 3.63) is 18.5 Å². The molecule has 6 heteroatoms. The molecule has 1 aromatic rings. The average molecular weight is 255 g/mol. The lowest BCUT2D eigenvalue weighted by Crippen LogP contribution is -2.34. The molecule has 0 radical (unpaired) electrons. The number of nitrogens with zero attached hydrogens (tertiary/aromatic N) is 2. The number of nitrogens with two attached hydrogens (primary N) is 1. The third-order valence-electron chi connectivity index (χ3n) is 2.43. The summed E-state index contributed by atoms with van der Waals surface area (Å²) in [4.78, 5) is 17.7. The Labute approximate surface area is 103 Å². The zero-order valence-corrected chi connectivity index (χ0v) is 10.9. The molecule has 5 nitrogen and oxygen atoms in total. The van der Waals surface area contributed by atoms with E-state index in [1.54, 1.807) is 11.0 Å². The molecule has 1 unspecified atom stereocenters. The maximum atomic E-state index is 12.0. The number of nitrogen functional groups attached to an aromatic ring is 1. The largest absolute Gasteiger partial charge is 0.396 e. The summed E-state index contributed by atoms with van der Waals surface area (Å²) in [5, 5.41) is 0. The van der Waals surface area contributed by atoms with Crippen LogP contribution < -0.4 is 5.73 Å². The second kappa shape index (κ2) is 6.34. The van der Waals surface area contributed by atoms with Gasteiger partial charge in [-0.25, -0.2) is 0 Å². The van der Waals surface area contributed by atoms with Crippen LogP contribution in [0.2, 0.25) is 0 Å². The molecule has 1 atom stereocenters. The molecular weight excluding hydrogens is 238 g/mol. The smallest absolute Gasteiger partial charge is 0.235 e. The summed E-state index contributed by atoms with van der Waals surface area (Å²) in [5.41, 5.74) is 6.02. The summed E-state index contributed by atoms with van der Waals surface area (Å²) in [5.74, 6) is -0.153. The van der Waals surface area contributed by atoms with Gasteiger partial charge >= 0.3 is 0 Å². The van der Waals surface area contributed by atoms with Crippen molar-refractivity contribution in [2.75, 3.05) is 24.6 Å². The Morgan fingerprint density at radius 1 is 1.47 bits per heavy atom. The molecule has 0 saturated heterocycles. The molecule has 0 spiro atoms. The first kappa shape index (κ1) is 13.6. The van der Waals surface area contributed by atoms with Crippen LogP contribution in [0.4, 0.5) is 5.69 Å². The normalized spacial score (nSPS) is 12.1. The fourth-order valence-corrected chi connectivity index (χ4v) is 2.55. The average Bonchev–Trinajstić information content (AvgIpc) is 2.31. The second-order valence-corrected chi connectivity index (χ2v) is 4.89. The highest BCUT2D eigenvalue weighted by molar-refractivity contribution is 7.86. The van der Waals surface area contributed by atoms with Gasteiger partial charge in [0.25, 0.3) is 0 Å². The lowest BCUT2D eigenvalue weighted by atomic mass is 10.4. The Hall–Kier alpha value is -1.43. The van der Waals surface area contributed by atoms with E-state index < -0.39 is 10.8 Å². The standard InChI is InChI=1S/C11H17N3O2S/c1-3-14(4-2)11(15)8-17(16)10-5-6-13-7-9(10)12/h5-7H,3-4,8,12H2,1-2H3. The van der Waals surface area contributed by atoms with E-state index in [0.29, 0.717) is 23.7 Å². The Balaban J connectivity index is 2.73. The van der Waals surface area contributed by atoms with Crippen molar-refractivity contribution >= 4 is 22.4 Å². The number of hydrogen-bond donors (Lipinski definition) is 1. The highest BCUT2D eigenvalue weighted by Crippen LogP contribution is 2.14. The molecule has 1 heterocycles. The first-order valence-corrected chi connectivity index (χ1v) is 6.77. The van der Waals surface area contributed by atoms with Crippen molar-refractivity contribution < 1.29 is 9.00 Å². The molecule has 94 valence electrons. The molecule has 0 aliphatic rings. The number of amides is 1. The molecular formula is C11H17N3O2S. The van der Waals surface area contributed by atoms with Crippen LogP contribution in [-0.2, 0) is 15.6 Å². The van der Waals surface area contributed by atoms with E-state index in [1.807, 2.05) is 13.8 Å². The lowest BCUT2D eigenvalue weighted by Gasteiger charge is -2.18. The summed E-state index contributed by atoms with van der Waals surface area (Å²) in [7, 11) is -1.41. The van der Waals surface area contributed by atoms with Gasteiger partial charge in [-0.15, -0.1) is 0 Å². The molecule has 1 rings (SSSR count). The number of rotatable bonds is 5. The highest BCUT2D eigenvalue weighted by atomic mass is 32.2. The maximum absolute atomic E-state index is 12.0. The molecule has 0 aliphatic carbocycles. The van der Waals surface area contributed by atoms with E-state index >= 15 is 0 Å². The summed E-state index contributed by atoms with van der Waals surface area (Å²) in [6.45, 7) is 5.03. The van der Waals surface area contributed by atoms with Gasteiger partial charge in [0.1, 0.15) is 5.75 Å². The molecule has 0 saturated carbocycles. The number of aromatic nitrogens is 1. The van der Waals surface area contributed by atoms with E-state index in [9.17, 15) is 9.00 Å². The number of carbonyl (C=O) groups is 1. The molecule has 0 aliphatic heterocycles. The van der Waals surface area contributed by atoms with Gasteiger partial charge < -0.3 is 10.6 Å². The molecule has 1 aromatic heterocycles. The molecule has 0 aromatic carbocycles. The van der Waals surface area contributed by atoms with Crippen LogP contribution >= 0.6 is 0 Å². The number of pyridine rings is 1. The zero-order valence-electron chi connectivity index (χ0n) is 10.0. The second-order valence-electron chi connectivity index (χ2n) is 3.47. The topological polar surface area (TPSA) is 76.3 Å². The predicted octanol–water partition coefficient (Wildman–Crippen LogP) is 0.640. The van der Waals surface area contributed by atoms with Crippen molar-refractivity contribution in [1.82, 2.24) is 9.88 Å². The van der Waals surface area contributed by atoms with Gasteiger partial charge in [-0.05, 0) is 19.9 Å². The first-order valence-electron chi connectivity index (χ1n) is 5.45. The van der Waals surface area contributed by atoms with Gasteiger partial charge in [0.2, 0.25) is 5.91 Å². The SMILES string of the molecule is CCN(CC)C(=O)CS(=O)c1ccncc1N. The van der Waals surface area contributed by atoms with Crippen molar-refractivity contribution in [2.24, 2.45) is 0 Å². The summed E-state index contributed by atoms with van der Waals surface area (Å²) in [6, 6.07) is 1.58. The third kappa shape index (κ3) is 3.52. The van der Waals surface area contributed by atoms with E-state index in [0.717, 1.165) is 0 Å². The maximum Gasteiger partial charge on any atom is 0.235 e. The lowest BCUT2D eigenvalue weighted by molar-refractivity contribution is -0.128. The molecule has 17 heavy (non-hydrogen) atoms. The number of hydrogen-bond acceptors (Lipinski definition) is 4. The van der Waals surface area contributed by atoms with Crippen LogP contribution in [0.15, 0.2) is 23.4 Å². The fraction of sp³-hybridized carbons (Fsp3) is 0.455. The Kier molecular flexibility index (Phi) is 5.09. The van der Waals surface area contributed by atoms with E-state index in [1.165, 1.54) is 12.4 Å². The van der Waals surface area contributed by atoms with Crippen LogP contribution in [0.3, 0.4) is 0 Å². The van der Waals surface area contributed by atoms with Crippen LogP contribution in [0, 0.1) is 0 Å². The Morgan fingerprint density at radius 2 is 2.12 bits per heavy atom. The number of anilines is 1. The summed E-state index contributed by atoms with van der Waals surface area (Å²) >= 11 is 0. The van der Waals surface area contributed by atoms with Gasteiger partial charge in [0.15, 0.2) is 0 Å². The van der Waals surface area contributed by atoms with Crippen LogP contribution in [0.1, 0.15) is 13.8 Å². The van der Waals surface area contributed by atoms with Gasteiger partial charge in [0.05, 0.1) is 27.6 Å². The number of carbonyl (C=O) groups excluding carboxylic acids is 1. The zero-order chi connectivity index (χ0) is 12.8. The summed E-state index contributed by atoms with van der Waals surface area (Å²) < 4.78 is 12.0. The Bertz CT molecular complexity index is 419. The molecule has 0 bridgehead atoms. The van der Waals surface area contributed by atoms with E-state index in [4.69, 9.17) is 5.73 Å². The van der Waals surface area contributed by atoms with Gasteiger partial charge in [-0.1, -0.05) is 0 Å². The quantitative estimate of drug-likeness (QED) is 0.837. The monoisotopic (exact) mass is 255 g/mol. The van der Waals surface area contributed by atoms with Gasteiger partial charge in [0, 0.05) is 19.3 Å². The van der Waals surface area contributed by atoms with E-state index in [-0.39, 0.29) is 11.7 Å². The predicted molar refractivity (Wildman–Crippen MR) is 67.9 cm³/mol. The van der Waals surface area contributed by atoms with Gasteiger partial charge in [-0.2, -0.15) is 0 Å². The first-order chi connectivity index (χ1) is 8.10. The van der Waals surface area contributed by atoms with Crippen LogP contribution in [0.5, 0.6) is 0 Å².